The Kier molecular flexibility index (Phi) is 9.27. The minimum Gasteiger partial charge on any atom is -0.490 e. The summed E-state index contributed by atoms with van der Waals surface area (Å²) in [6.45, 7) is 4.81. The number of piperidine rings is 1. The normalized spacial score (nSPS) is 18.3. The number of hydrogen-bond acceptors (Lipinski definition) is 5. The Labute approximate surface area is 263 Å². The molecule has 6 nitrogen and oxygen atoms in total. The van der Waals surface area contributed by atoms with Crippen LogP contribution in [0.3, 0.4) is 0 Å². The molecule has 2 unspecified atom stereocenters. The van der Waals surface area contributed by atoms with Crippen molar-refractivity contribution < 1.29 is 14.3 Å². The van der Waals surface area contributed by atoms with Gasteiger partial charge in [0.25, 0.3) is 0 Å². The molecule has 4 aromatic rings. The first kappa shape index (κ1) is 29.6. The number of hydrogen-bond donors (Lipinski definition) is 2. The predicted octanol–water partition coefficient (Wildman–Crippen LogP) is 7.49. The van der Waals surface area contributed by atoms with Gasteiger partial charge in [0.1, 0.15) is 19.0 Å². The van der Waals surface area contributed by atoms with Gasteiger partial charge < -0.3 is 25.0 Å². The maximum atomic E-state index is 14.0. The first-order valence-corrected chi connectivity index (χ1v) is 15.8. The quantitative estimate of drug-likeness (QED) is 0.171. The average molecular weight is 619 g/mol. The molecular weight excluding hydrogens is 581 g/mol. The molecule has 1 heterocycles. The molecule has 0 radical (unpaired) electrons. The molecule has 2 atom stereocenters. The van der Waals surface area contributed by atoms with Gasteiger partial charge in [-0.2, -0.15) is 0 Å². The zero-order chi connectivity index (χ0) is 29.8. The maximum Gasteiger partial charge on any atom is 0.229 e. The van der Waals surface area contributed by atoms with E-state index in [1.165, 1.54) is 16.3 Å². The van der Waals surface area contributed by atoms with Gasteiger partial charge in [0.2, 0.25) is 5.91 Å². The minimum absolute atomic E-state index is 0.0516. The summed E-state index contributed by atoms with van der Waals surface area (Å²) >= 11 is 12.5. The number of fused-ring (bicyclic) bond motifs is 1. The molecule has 0 spiro atoms. The zero-order valence-electron chi connectivity index (χ0n) is 24.3. The fraction of sp³-hybridized carbons (Fsp3) is 0.343. The fourth-order valence-electron chi connectivity index (χ4n) is 5.80. The van der Waals surface area contributed by atoms with Crippen molar-refractivity contribution >= 4 is 45.6 Å². The fourth-order valence-corrected chi connectivity index (χ4v) is 6.51. The number of nitrogens with one attached hydrogen (secondary N) is 2. The van der Waals surface area contributed by atoms with E-state index >= 15 is 0 Å². The van der Waals surface area contributed by atoms with E-state index in [2.05, 4.69) is 58.0 Å². The third kappa shape index (κ3) is 7.38. The number of nitrogens with zero attached hydrogens (tertiary/aromatic N) is 1. The molecule has 224 valence electrons. The summed E-state index contributed by atoms with van der Waals surface area (Å²) in [6, 6.07) is 26.8. The lowest BCUT2D eigenvalue weighted by Crippen LogP contribution is -2.52. The molecule has 1 aliphatic carbocycles. The lowest BCUT2D eigenvalue weighted by atomic mass is 9.91. The Morgan fingerprint density at radius 1 is 0.907 bits per heavy atom. The molecule has 1 saturated carbocycles. The van der Waals surface area contributed by atoms with Crippen LogP contribution < -0.4 is 20.1 Å². The van der Waals surface area contributed by atoms with Crippen LogP contribution in [-0.4, -0.2) is 49.2 Å². The van der Waals surface area contributed by atoms with Gasteiger partial charge in [-0.15, -0.1) is 0 Å². The third-order valence-electron chi connectivity index (χ3n) is 8.18. The van der Waals surface area contributed by atoms with Crippen molar-refractivity contribution in [3.63, 3.8) is 0 Å². The van der Waals surface area contributed by atoms with Crippen molar-refractivity contribution in [1.82, 2.24) is 10.2 Å². The van der Waals surface area contributed by atoms with Crippen LogP contribution in [0.25, 0.3) is 10.8 Å². The number of benzene rings is 4. The molecule has 6 rings (SSSR count). The van der Waals surface area contributed by atoms with Crippen LogP contribution in [0.1, 0.15) is 30.4 Å². The van der Waals surface area contributed by atoms with Gasteiger partial charge in [-0.25, -0.2) is 0 Å². The number of carbonyl (C=O) groups excluding carboxylic acids is 1. The zero-order valence-corrected chi connectivity index (χ0v) is 25.8. The second-order valence-electron chi connectivity index (χ2n) is 11.5. The van der Waals surface area contributed by atoms with Gasteiger partial charge in [-0.3, -0.25) is 4.79 Å². The van der Waals surface area contributed by atoms with Crippen LogP contribution in [0.2, 0.25) is 10.0 Å². The maximum absolute atomic E-state index is 14.0. The Hall–Kier alpha value is -3.45. The summed E-state index contributed by atoms with van der Waals surface area (Å²) in [6.07, 6.45) is 3.04. The molecule has 2 fully saturated rings. The van der Waals surface area contributed by atoms with E-state index in [4.69, 9.17) is 32.7 Å². The van der Waals surface area contributed by atoms with E-state index < -0.39 is 0 Å². The van der Waals surface area contributed by atoms with E-state index in [0.29, 0.717) is 48.1 Å². The molecule has 8 heteroatoms. The molecule has 0 bridgehead atoms. The molecule has 43 heavy (non-hydrogen) atoms. The monoisotopic (exact) mass is 617 g/mol. The van der Waals surface area contributed by atoms with Crippen molar-refractivity contribution in [2.24, 2.45) is 5.92 Å². The molecule has 2 N–H and O–H groups in total. The highest BCUT2D eigenvalue weighted by Crippen LogP contribution is 2.34. The number of anilines is 1. The molecule has 2 aliphatic rings. The lowest BCUT2D eigenvalue weighted by molar-refractivity contribution is -0.137. The summed E-state index contributed by atoms with van der Waals surface area (Å²) in [5.74, 6) is 1.31. The van der Waals surface area contributed by atoms with Gasteiger partial charge in [0.05, 0.1) is 16.0 Å². The van der Waals surface area contributed by atoms with Gasteiger partial charge in [0.15, 0.2) is 5.75 Å². The van der Waals surface area contributed by atoms with Crippen molar-refractivity contribution in [1.29, 1.82) is 0 Å². The Morgan fingerprint density at radius 3 is 2.37 bits per heavy atom. The van der Waals surface area contributed by atoms with Crippen molar-refractivity contribution in [2.45, 2.75) is 44.8 Å². The molecule has 0 aromatic heterocycles. The third-order valence-corrected chi connectivity index (χ3v) is 8.75. The van der Waals surface area contributed by atoms with Gasteiger partial charge in [-0.05, 0) is 97.1 Å². The van der Waals surface area contributed by atoms with Crippen molar-refractivity contribution in [3.05, 3.63) is 100 Å². The van der Waals surface area contributed by atoms with Gasteiger partial charge in [0, 0.05) is 30.9 Å². The van der Waals surface area contributed by atoms with Crippen LogP contribution in [0.4, 0.5) is 5.69 Å². The summed E-state index contributed by atoms with van der Waals surface area (Å²) in [5, 5.41) is 10.5. The summed E-state index contributed by atoms with van der Waals surface area (Å²) in [4.78, 5) is 16.1. The molecular formula is C35H37Cl2N3O3. The first-order valence-electron chi connectivity index (χ1n) is 15.0. The van der Waals surface area contributed by atoms with Crippen molar-refractivity contribution in [3.8, 4) is 11.5 Å². The number of rotatable bonds is 11. The number of carbonyl (C=O) groups is 1. The standard InChI is InChI=1S/C35H37Cl2N3O3/c1-23-18-31(36)34(32(37)19-23)43-17-16-42-29-12-8-27(9-13-29)39-33-14-15-38-21-30(33)35(41)40(28-10-11-28)22-24-6-7-25-4-2-3-5-26(25)20-24/h2-9,12-13,18-20,28,30,33,38-39H,10-11,14-17,21-22H2,1H3. The SMILES string of the molecule is Cc1cc(Cl)c(OCCOc2ccc(NC3CCNCC3C(=O)N(Cc3ccc4ccccc4c3)C3CC3)cc2)c(Cl)c1. The van der Waals surface area contributed by atoms with E-state index in [0.717, 1.165) is 42.8 Å². The van der Waals surface area contributed by atoms with Crippen LogP contribution >= 0.6 is 23.2 Å². The van der Waals surface area contributed by atoms with Crippen LogP contribution in [0.15, 0.2) is 78.9 Å². The highest BCUT2D eigenvalue weighted by atomic mass is 35.5. The number of amides is 1. The summed E-state index contributed by atoms with van der Waals surface area (Å²) in [5.41, 5.74) is 3.13. The van der Waals surface area contributed by atoms with Crippen LogP contribution in [-0.2, 0) is 11.3 Å². The Balaban J connectivity index is 1.05. The Morgan fingerprint density at radius 2 is 1.63 bits per heavy atom. The summed E-state index contributed by atoms with van der Waals surface area (Å²) < 4.78 is 11.6. The minimum atomic E-state index is -0.136. The topological polar surface area (TPSA) is 62.8 Å². The highest BCUT2D eigenvalue weighted by Gasteiger charge is 2.39. The number of ether oxygens (including phenoxy) is 2. The highest BCUT2D eigenvalue weighted by molar-refractivity contribution is 6.37. The van der Waals surface area contributed by atoms with E-state index in [1.54, 1.807) is 0 Å². The Bertz CT molecular complexity index is 1550. The van der Waals surface area contributed by atoms with Crippen molar-refractivity contribution in [2.75, 3.05) is 31.6 Å². The van der Waals surface area contributed by atoms with Gasteiger partial charge in [-0.1, -0.05) is 59.6 Å². The second kappa shape index (κ2) is 13.5. The largest absolute Gasteiger partial charge is 0.490 e. The lowest BCUT2D eigenvalue weighted by Gasteiger charge is -2.36. The van der Waals surface area contributed by atoms with Crippen LogP contribution in [0.5, 0.6) is 11.5 Å². The number of halogens is 2. The smallest absolute Gasteiger partial charge is 0.229 e. The van der Waals surface area contributed by atoms with E-state index in [9.17, 15) is 4.79 Å². The predicted molar refractivity (Wildman–Crippen MR) is 175 cm³/mol. The van der Waals surface area contributed by atoms with Gasteiger partial charge >= 0.3 is 0 Å². The van der Waals surface area contributed by atoms with E-state index in [1.807, 2.05) is 43.3 Å². The molecule has 1 saturated heterocycles. The molecule has 1 aliphatic heterocycles. The second-order valence-corrected chi connectivity index (χ2v) is 12.3. The molecule has 1 amide bonds. The summed E-state index contributed by atoms with van der Waals surface area (Å²) in [7, 11) is 0. The van der Waals surface area contributed by atoms with Crippen LogP contribution in [0, 0.1) is 12.8 Å². The van der Waals surface area contributed by atoms with E-state index in [-0.39, 0.29) is 17.9 Å². The number of aryl methyl sites for hydroxylation is 1. The molecule has 4 aromatic carbocycles. The average Bonchev–Trinajstić information content (AvgIpc) is 3.85. The first-order chi connectivity index (χ1) is 20.9.